The van der Waals surface area contributed by atoms with Crippen molar-refractivity contribution < 1.29 is 9.53 Å². The Balaban J connectivity index is 0.00000361. The van der Waals surface area contributed by atoms with Crippen LogP contribution in [-0.4, -0.2) is 17.0 Å². The number of hydrogen-bond acceptors (Lipinski definition) is 4. The summed E-state index contributed by atoms with van der Waals surface area (Å²) in [6, 6.07) is 2.63. The fraction of sp³-hybridized carbons (Fsp3) is 0.538. The Morgan fingerprint density at radius 3 is 2.50 bits per heavy atom. The van der Waals surface area contributed by atoms with Crippen molar-refractivity contribution in [3.05, 3.63) is 28.0 Å². The average Bonchev–Trinajstić information content (AvgIpc) is 2.35. The van der Waals surface area contributed by atoms with Crippen LogP contribution in [0.1, 0.15) is 38.2 Å². The van der Waals surface area contributed by atoms with Crippen molar-refractivity contribution in [3.8, 4) is 0 Å². The minimum atomic E-state index is -0.570. The van der Waals surface area contributed by atoms with Gasteiger partial charge < -0.3 is 10.5 Å². The van der Waals surface area contributed by atoms with Gasteiger partial charge in [0.1, 0.15) is 23.0 Å². The first kappa shape index (κ1) is 19.4. The van der Waals surface area contributed by atoms with E-state index in [0.29, 0.717) is 12.0 Å². The van der Waals surface area contributed by atoms with Crippen molar-refractivity contribution in [3.63, 3.8) is 0 Å². The van der Waals surface area contributed by atoms with Gasteiger partial charge in [0.25, 0.3) is 0 Å². The van der Waals surface area contributed by atoms with E-state index in [2.05, 4.69) is 11.9 Å². The molecule has 1 aromatic heterocycles. The molecule has 0 saturated heterocycles. The highest BCUT2D eigenvalue weighted by Gasteiger charge is 2.14. The molecule has 20 heavy (non-hydrogen) atoms. The van der Waals surface area contributed by atoms with Gasteiger partial charge in [-0.3, -0.25) is 4.79 Å². The Kier molecular flexibility index (Phi) is 9.94. The molecule has 1 heterocycles. The van der Waals surface area contributed by atoms with E-state index in [1.807, 2.05) is 0 Å². The quantitative estimate of drug-likeness (QED) is 0.466. The lowest BCUT2D eigenvalue weighted by Gasteiger charge is -2.11. The second kappa shape index (κ2) is 10.2. The molecular weight excluding hydrogens is 323 g/mol. The molecule has 0 radical (unpaired) electrons. The number of esters is 1. The van der Waals surface area contributed by atoms with Gasteiger partial charge in [-0.2, -0.15) is 0 Å². The molecule has 0 aliphatic heterocycles. The standard InChI is InChI=1S/C13H18Cl2N2O2.ClH/c1-2-3-4-5-10(16)13(18)19-8-9-6-11(14)17-12(15)7-9;/h6-7,10H,2-5,8,16H2,1H3;1H/t10-;/m0./s1. The molecule has 1 rings (SSSR count). The van der Waals surface area contributed by atoms with E-state index in [1.54, 1.807) is 12.1 Å². The molecular formula is C13H19Cl3N2O2. The molecule has 2 N–H and O–H groups in total. The van der Waals surface area contributed by atoms with Gasteiger partial charge in [-0.15, -0.1) is 12.4 Å². The highest BCUT2D eigenvalue weighted by atomic mass is 35.5. The topological polar surface area (TPSA) is 65.2 Å². The highest BCUT2D eigenvalue weighted by molar-refractivity contribution is 6.32. The van der Waals surface area contributed by atoms with Gasteiger partial charge in [-0.05, 0) is 24.1 Å². The molecule has 0 bridgehead atoms. The largest absolute Gasteiger partial charge is 0.460 e. The predicted molar refractivity (Wildman–Crippen MR) is 83.4 cm³/mol. The number of unbranched alkanes of at least 4 members (excludes halogenated alkanes) is 2. The number of carbonyl (C=O) groups is 1. The van der Waals surface area contributed by atoms with Crippen LogP contribution in [0.5, 0.6) is 0 Å². The Morgan fingerprint density at radius 2 is 1.95 bits per heavy atom. The summed E-state index contributed by atoms with van der Waals surface area (Å²) in [4.78, 5) is 15.5. The first-order valence-corrected chi connectivity index (χ1v) is 7.02. The molecule has 0 fully saturated rings. The van der Waals surface area contributed by atoms with Crippen LogP contribution in [0.4, 0.5) is 0 Å². The van der Waals surface area contributed by atoms with E-state index in [1.165, 1.54) is 0 Å². The van der Waals surface area contributed by atoms with Gasteiger partial charge in [0, 0.05) is 0 Å². The molecule has 0 aliphatic carbocycles. The zero-order valence-corrected chi connectivity index (χ0v) is 13.6. The maximum Gasteiger partial charge on any atom is 0.323 e. The number of halogens is 3. The van der Waals surface area contributed by atoms with Crippen LogP contribution >= 0.6 is 35.6 Å². The van der Waals surface area contributed by atoms with Crippen molar-refractivity contribution in [2.24, 2.45) is 5.73 Å². The van der Waals surface area contributed by atoms with E-state index in [4.69, 9.17) is 33.7 Å². The van der Waals surface area contributed by atoms with Crippen molar-refractivity contribution in [2.75, 3.05) is 0 Å². The third-order valence-electron chi connectivity index (χ3n) is 2.63. The summed E-state index contributed by atoms with van der Waals surface area (Å²) in [5, 5.41) is 0.539. The van der Waals surface area contributed by atoms with Crippen molar-refractivity contribution in [1.82, 2.24) is 4.98 Å². The number of pyridine rings is 1. The summed E-state index contributed by atoms with van der Waals surface area (Å²) >= 11 is 11.5. The average molecular weight is 342 g/mol. The summed E-state index contributed by atoms with van der Waals surface area (Å²) in [7, 11) is 0. The number of aromatic nitrogens is 1. The van der Waals surface area contributed by atoms with Gasteiger partial charge >= 0.3 is 5.97 Å². The molecule has 0 saturated carbocycles. The molecule has 114 valence electrons. The third kappa shape index (κ3) is 7.29. The number of rotatable bonds is 7. The molecule has 0 aliphatic rings. The lowest BCUT2D eigenvalue weighted by molar-refractivity contribution is -0.146. The molecule has 1 aromatic rings. The molecule has 0 unspecified atom stereocenters. The molecule has 0 aromatic carbocycles. The number of nitrogens with zero attached hydrogens (tertiary/aromatic N) is 1. The van der Waals surface area contributed by atoms with E-state index in [9.17, 15) is 4.79 Å². The van der Waals surface area contributed by atoms with Crippen LogP contribution in [0.2, 0.25) is 10.3 Å². The van der Waals surface area contributed by atoms with Crippen molar-refractivity contribution in [1.29, 1.82) is 0 Å². The van der Waals surface area contributed by atoms with Crippen LogP contribution in [0.3, 0.4) is 0 Å². The summed E-state index contributed by atoms with van der Waals surface area (Å²) in [5.74, 6) is -0.403. The van der Waals surface area contributed by atoms with Crippen LogP contribution in [0.25, 0.3) is 0 Å². The SMILES string of the molecule is CCCCC[C@H](N)C(=O)OCc1cc(Cl)nc(Cl)c1.Cl. The molecule has 7 heteroatoms. The minimum absolute atomic E-state index is 0. The smallest absolute Gasteiger partial charge is 0.323 e. The maximum atomic E-state index is 11.7. The van der Waals surface area contributed by atoms with Crippen LogP contribution in [0.15, 0.2) is 12.1 Å². The Morgan fingerprint density at radius 1 is 1.35 bits per heavy atom. The zero-order valence-electron chi connectivity index (χ0n) is 11.3. The first-order valence-electron chi connectivity index (χ1n) is 6.27. The second-order valence-electron chi connectivity index (χ2n) is 4.33. The lowest BCUT2D eigenvalue weighted by Crippen LogP contribution is -2.32. The monoisotopic (exact) mass is 340 g/mol. The summed E-state index contributed by atoms with van der Waals surface area (Å²) < 4.78 is 5.12. The van der Waals surface area contributed by atoms with Gasteiger partial charge in [-0.1, -0.05) is 49.4 Å². The summed E-state index contributed by atoms with van der Waals surface area (Å²) in [6.45, 7) is 2.20. The van der Waals surface area contributed by atoms with Gasteiger partial charge in [0.05, 0.1) is 0 Å². The lowest BCUT2D eigenvalue weighted by atomic mass is 10.1. The highest BCUT2D eigenvalue weighted by Crippen LogP contribution is 2.15. The van der Waals surface area contributed by atoms with Crippen LogP contribution in [-0.2, 0) is 16.1 Å². The number of hydrogen-bond donors (Lipinski definition) is 1. The van der Waals surface area contributed by atoms with Gasteiger partial charge in [0.2, 0.25) is 0 Å². The normalized spacial score (nSPS) is 11.6. The Bertz CT molecular complexity index is 410. The Hall–Kier alpha value is -0.550. The Labute approximate surface area is 135 Å². The third-order valence-corrected chi connectivity index (χ3v) is 3.01. The van der Waals surface area contributed by atoms with E-state index < -0.39 is 12.0 Å². The van der Waals surface area contributed by atoms with E-state index in [0.717, 1.165) is 19.3 Å². The molecule has 4 nitrogen and oxygen atoms in total. The second-order valence-corrected chi connectivity index (χ2v) is 5.11. The summed E-state index contributed by atoms with van der Waals surface area (Å²) in [5.41, 5.74) is 6.44. The molecule has 1 atom stereocenters. The first-order chi connectivity index (χ1) is 9.02. The van der Waals surface area contributed by atoms with E-state index >= 15 is 0 Å². The molecule has 0 amide bonds. The summed E-state index contributed by atoms with van der Waals surface area (Å²) in [6.07, 6.45) is 3.73. The fourth-order valence-electron chi connectivity index (χ4n) is 1.59. The number of nitrogens with two attached hydrogens (primary N) is 1. The van der Waals surface area contributed by atoms with Crippen molar-refractivity contribution in [2.45, 2.75) is 45.3 Å². The van der Waals surface area contributed by atoms with E-state index in [-0.39, 0.29) is 29.3 Å². The number of carbonyl (C=O) groups excluding carboxylic acids is 1. The van der Waals surface area contributed by atoms with Crippen molar-refractivity contribution >= 4 is 41.6 Å². The van der Waals surface area contributed by atoms with Gasteiger partial charge in [0.15, 0.2) is 0 Å². The molecule has 0 spiro atoms. The number of ether oxygens (including phenoxy) is 1. The zero-order chi connectivity index (χ0) is 14.3. The maximum absolute atomic E-state index is 11.7. The van der Waals surface area contributed by atoms with Crippen LogP contribution < -0.4 is 5.73 Å². The predicted octanol–water partition coefficient (Wildman–Crippen LogP) is 3.76. The van der Waals surface area contributed by atoms with Gasteiger partial charge in [-0.25, -0.2) is 4.98 Å². The fourth-order valence-corrected chi connectivity index (χ4v) is 2.10. The minimum Gasteiger partial charge on any atom is -0.460 e. The van der Waals surface area contributed by atoms with Crippen LogP contribution in [0, 0.1) is 0 Å².